The molecular weight excluding hydrogens is 234 g/mol. The molecular formula is C16H21N3. The van der Waals surface area contributed by atoms with Crippen molar-refractivity contribution in [3.8, 4) is 0 Å². The molecule has 0 saturated heterocycles. The number of H-pyrrole nitrogens is 1. The van der Waals surface area contributed by atoms with Gasteiger partial charge in [-0.1, -0.05) is 31.2 Å². The van der Waals surface area contributed by atoms with Gasteiger partial charge in [-0.25, -0.2) is 0 Å². The highest BCUT2D eigenvalue weighted by Crippen LogP contribution is 2.46. The van der Waals surface area contributed by atoms with Crippen molar-refractivity contribution in [2.45, 2.75) is 38.1 Å². The molecule has 100 valence electrons. The van der Waals surface area contributed by atoms with Gasteiger partial charge in [0.2, 0.25) is 0 Å². The number of rotatable bonds is 5. The first-order valence-electron chi connectivity index (χ1n) is 7.15. The van der Waals surface area contributed by atoms with Crippen molar-refractivity contribution in [1.82, 2.24) is 15.5 Å². The van der Waals surface area contributed by atoms with Gasteiger partial charge in [0.05, 0.1) is 0 Å². The molecule has 0 atom stereocenters. The second-order valence-corrected chi connectivity index (χ2v) is 5.40. The standard InChI is InChI=1S/C16H21N3/c1-2-17-11-12-4-3-5-13(8-12)14-9-15(10-14)16-6-7-18-19-16/h3-8,14-15,17H,2,9-11H2,1H3,(H,18,19). The molecule has 0 unspecified atom stereocenters. The Labute approximate surface area is 114 Å². The van der Waals surface area contributed by atoms with E-state index in [4.69, 9.17) is 0 Å². The minimum Gasteiger partial charge on any atom is -0.313 e. The lowest BCUT2D eigenvalue weighted by molar-refractivity contribution is 0.344. The van der Waals surface area contributed by atoms with Crippen molar-refractivity contribution in [2.75, 3.05) is 6.54 Å². The van der Waals surface area contributed by atoms with Crippen LogP contribution >= 0.6 is 0 Å². The third-order valence-corrected chi connectivity index (χ3v) is 4.10. The summed E-state index contributed by atoms with van der Waals surface area (Å²) in [4.78, 5) is 0. The van der Waals surface area contributed by atoms with Gasteiger partial charge in [0, 0.05) is 24.4 Å². The Morgan fingerprint density at radius 2 is 2.16 bits per heavy atom. The normalized spacial score (nSPS) is 22.2. The molecule has 1 aliphatic carbocycles. The Kier molecular flexibility index (Phi) is 3.65. The second-order valence-electron chi connectivity index (χ2n) is 5.40. The largest absolute Gasteiger partial charge is 0.313 e. The first-order chi connectivity index (χ1) is 9.36. The van der Waals surface area contributed by atoms with Gasteiger partial charge < -0.3 is 5.32 Å². The number of nitrogens with one attached hydrogen (secondary N) is 2. The molecule has 1 saturated carbocycles. The van der Waals surface area contributed by atoms with Crippen molar-refractivity contribution in [3.05, 3.63) is 53.3 Å². The van der Waals surface area contributed by atoms with Gasteiger partial charge in [-0.2, -0.15) is 5.10 Å². The van der Waals surface area contributed by atoms with Crippen LogP contribution in [0.4, 0.5) is 0 Å². The lowest BCUT2D eigenvalue weighted by atomic mass is 9.70. The van der Waals surface area contributed by atoms with E-state index in [2.05, 4.69) is 52.8 Å². The minimum absolute atomic E-state index is 0.671. The molecule has 1 heterocycles. The first kappa shape index (κ1) is 12.4. The molecule has 2 N–H and O–H groups in total. The molecule has 19 heavy (non-hydrogen) atoms. The maximum absolute atomic E-state index is 4.04. The molecule has 3 nitrogen and oxygen atoms in total. The summed E-state index contributed by atoms with van der Waals surface area (Å²) in [5, 5.41) is 10.5. The second kappa shape index (κ2) is 5.57. The van der Waals surface area contributed by atoms with Crippen LogP contribution in [0.3, 0.4) is 0 Å². The van der Waals surface area contributed by atoms with Crippen molar-refractivity contribution < 1.29 is 0 Å². The van der Waals surface area contributed by atoms with Crippen LogP contribution in [-0.2, 0) is 6.54 Å². The monoisotopic (exact) mass is 255 g/mol. The Morgan fingerprint density at radius 1 is 1.26 bits per heavy atom. The molecule has 0 amide bonds. The van der Waals surface area contributed by atoms with E-state index in [0.29, 0.717) is 5.92 Å². The van der Waals surface area contributed by atoms with E-state index in [1.807, 2.05) is 6.20 Å². The van der Waals surface area contributed by atoms with Crippen LogP contribution in [0.2, 0.25) is 0 Å². The molecule has 0 aliphatic heterocycles. The van der Waals surface area contributed by atoms with Crippen molar-refractivity contribution in [3.63, 3.8) is 0 Å². The minimum atomic E-state index is 0.671. The molecule has 2 aromatic rings. The van der Waals surface area contributed by atoms with E-state index in [9.17, 15) is 0 Å². The zero-order valence-corrected chi connectivity index (χ0v) is 11.4. The zero-order valence-electron chi connectivity index (χ0n) is 11.4. The average Bonchev–Trinajstić information content (AvgIpc) is 2.89. The van der Waals surface area contributed by atoms with Gasteiger partial charge in [-0.15, -0.1) is 0 Å². The van der Waals surface area contributed by atoms with Crippen molar-refractivity contribution >= 4 is 0 Å². The number of aromatic amines is 1. The van der Waals surface area contributed by atoms with Gasteiger partial charge in [0.1, 0.15) is 0 Å². The van der Waals surface area contributed by atoms with Crippen molar-refractivity contribution in [1.29, 1.82) is 0 Å². The van der Waals surface area contributed by atoms with Crippen LogP contribution in [0.5, 0.6) is 0 Å². The van der Waals surface area contributed by atoms with Crippen LogP contribution in [0.25, 0.3) is 0 Å². The summed E-state index contributed by atoms with van der Waals surface area (Å²) >= 11 is 0. The molecule has 1 fully saturated rings. The van der Waals surface area contributed by atoms with Gasteiger partial charge in [-0.05, 0) is 42.5 Å². The Morgan fingerprint density at radius 3 is 2.89 bits per heavy atom. The fourth-order valence-corrected chi connectivity index (χ4v) is 2.86. The SMILES string of the molecule is CCNCc1cccc(C2CC(c3ccn[nH]3)C2)c1. The fraction of sp³-hybridized carbons (Fsp3) is 0.438. The molecule has 1 aliphatic rings. The molecule has 0 bridgehead atoms. The van der Waals surface area contributed by atoms with Crippen LogP contribution in [-0.4, -0.2) is 16.7 Å². The van der Waals surface area contributed by atoms with E-state index >= 15 is 0 Å². The number of hydrogen-bond acceptors (Lipinski definition) is 2. The Hall–Kier alpha value is -1.61. The van der Waals surface area contributed by atoms with Crippen molar-refractivity contribution in [2.24, 2.45) is 0 Å². The molecule has 0 spiro atoms. The fourth-order valence-electron chi connectivity index (χ4n) is 2.86. The summed E-state index contributed by atoms with van der Waals surface area (Å²) in [5.74, 6) is 1.39. The number of nitrogens with zero attached hydrogens (tertiary/aromatic N) is 1. The van der Waals surface area contributed by atoms with Gasteiger partial charge >= 0.3 is 0 Å². The molecule has 0 radical (unpaired) electrons. The summed E-state index contributed by atoms with van der Waals surface area (Å²) in [6, 6.07) is 11.1. The lowest BCUT2D eigenvalue weighted by Gasteiger charge is -2.35. The van der Waals surface area contributed by atoms with E-state index in [1.54, 1.807) is 0 Å². The molecule has 1 aromatic heterocycles. The zero-order chi connectivity index (χ0) is 13.1. The third-order valence-electron chi connectivity index (χ3n) is 4.10. The average molecular weight is 255 g/mol. The molecule has 3 rings (SSSR count). The quantitative estimate of drug-likeness (QED) is 0.861. The number of hydrogen-bond donors (Lipinski definition) is 2. The predicted molar refractivity (Wildman–Crippen MR) is 77.1 cm³/mol. The summed E-state index contributed by atoms with van der Waals surface area (Å²) < 4.78 is 0. The van der Waals surface area contributed by atoms with Crippen LogP contribution in [0, 0.1) is 0 Å². The van der Waals surface area contributed by atoms with Gasteiger partial charge in [0.25, 0.3) is 0 Å². The number of benzene rings is 1. The van der Waals surface area contributed by atoms with Crippen LogP contribution < -0.4 is 5.32 Å². The highest BCUT2D eigenvalue weighted by Gasteiger charge is 2.32. The van der Waals surface area contributed by atoms with Gasteiger partial charge in [0.15, 0.2) is 0 Å². The maximum Gasteiger partial charge on any atom is 0.0490 e. The summed E-state index contributed by atoms with van der Waals surface area (Å²) in [6.07, 6.45) is 4.33. The lowest BCUT2D eigenvalue weighted by Crippen LogP contribution is -2.20. The topological polar surface area (TPSA) is 40.7 Å². The summed E-state index contributed by atoms with van der Waals surface area (Å²) in [6.45, 7) is 4.14. The molecule has 3 heteroatoms. The van der Waals surface area contributed by atoms with Gasteiger partial charge in [-0.3, -0.25) is 5.10 Å². The highest BCUT2D eigenvalue weighted by molar-refractivity contribution is 5.30. The predicted octanol–water partition coefficient (Wildman–Crippen LogP) is 3.18. The van der Waals surface area contributed by atoms with Crippen LogP contribution in [0.15, 0.2) is 36.5 Å². The van der Waals surface area contributed by atoms with E-state index < -0.39 is 0 Å². The summed E-state index contributed by atoms with van der Waals surface area (Å²) in [7, 11) is 0. The first-order valence-corrected chi connectivity index (χ1v) is 7.15. The smallest absolute Gasteiger partial charge is 0.0490 e. The van der Waals surface area contributed by atoms with E-state index in [0.717, 1.165) is 19.0 Å². The Balaban J connectivity index is 1.62. The van der Waals surface area contributed by atoms with E-state index in [1.165, 1.54) is 29.7 Å². The van der Waals surface area contributed by atoms with E-state index in [-0.39, 0.29) is 0 Å². The Bertz CT molecular complexity index is 513. The van der Waals surface area contributed by atoms with Crippen LogP contribution in [0.1, 0.15) is 48.4 Å². The number of aromatic nitrogens is 2. The highest BCUT2D eigenvalue weighted by atomic mass is 15.1. The molecule has 1 aromatic carbocycles. The maximum atomic E-state index is 4.04. The summed E-state index contributed by atoms with van der Waals surface area (Å²) in [5.41, 5.74) is 4.18. The third kappa shape index (κ3) is 2.71.